The van der Waals surface area contributed by atoms with Crippen LogP contribution in [0.2, 0.25) is 0 Å². The third-order valence-electron chi connectivity index (χ3n) is 7.41. The van der Waals surface area contributed by atoms with Gasteiger partial charge in [0.15, 0.2) is 5.03 Å². The maximum absolute atomic E-state index is 13.7. The topological polar surface area (TPSA) is 132 Å². The molecule has 4 N–H and O–H groups in total. The van der Waals surface area contributed by atoms with Crippen LogP contribution in [0.4, 0.5) is 11.4 Å². The molecule has 41 heavy (non-hydrogen) atoms. The van der Waals surface area contributed by atoms with Crippen molar-refractivity contribution in [3.63, 3.8) is 0 Å². The molecule has 1 aliphatic rings. The Morgan fingerprint density at radius 2 is 1.80 bits per heavy atom. The van der Waals surface area contributed by atoms with E-state index < -0.39 is 32.9 Å². The third-order valence-corrected chi connectivity index (χ3v) is 8.71. The molecule has 2 atom stereocenters. The predicted molar refractivity (Wildman–Crippen MR) is 161 cm³/mol. The van der Waals surface area contributed by atoms with Crippen molar-refractivity contribution in [2.45, 2.75) is 76.3 Å². The SMILES string of the molecule is CCC[C@@]1(CCc2ccccc2)CC(O)=C(C(c2cccc(NS(=O)(=O)c3ccc(N)cn3)c2)C(C)(C)C)C(=O)O1. The Bertz CT molecular complexity index is 1510. The first-order valence-corrected chi connectivity index (χ1v) is 15.4. The van der Waals surface area contributed by atoms with Crippen LogP contribution >= 0.6 is 0 Å². The number of aliphatic hydroxyl groups is 1. The lowest BCUT2D eigenvalue weighted by Crippen LogP contribution is -2.43. The van der Waals surface area contributed by atoms with Gasteiger partial charge in [0.2, 0.25) is 0 Å². The lowest BCUT2D eigenvalue weighted by molar-refractivity contribution is -0.161. The van der Waals surface area contributed by atoms with Crippen LogP contribution in [0, 0.1) is 5.41 Å². The first kappa shape index (κ1) is 30.1. The standard InChI is InChI=1S/C32H39N3O5S/c1-5-17-32(18-16-22-10-7-6-8-11-22)20-26(36)28(30(37)40-32)29(31(2,3)4)23-12-9-13-25(19-23)35-41(38,39)27-15-14-24(33)21-34-27/h6-15,19,21,29,35-36H,5,16-18,20,33H2,1-4H3/t29?,32-/m1/s1. The molecular formula is C32H39N3O5S. The number of nitrogen functional groups attached to an aromatic ring is 1. The molecule has 8 nitrogen and oxygen atoms in total. The van der Waals surface area contributed by atoms with Crippen LogP contribution in [0.15, 0.2) is 89.3 Å². The van der Waals surface area contributed by atoms with Gasteiger partial charge in [-0.15, -0.1) is 0 Å². The fourth-order valence-electron chi connectivity index (χ4n) is 5.61. The lowest BCUT2D eigenvalue weighted by atomic mass is 9.70. The highest BCUT2D eigenvalue weighted by Gasteiger charge is 2.46. The van der Waals surface area contributed by atoms with Crippen LogP contribution in [-0.2, 0) is 26.0 Å². The van der Waals surface area contributed by atoms with E-state index in [-0.39, 0.29) is 22.8 Å². The minimum atomic E-state index is -3.98. The largest absolute Gasteiger partial charge is 0.512 e. The second-order valence-electron chi connectivity index (χ2n) is 11.8. The van der Waals surface area contributed by atoms with Crippen molar-refractivity contribution >= 4 is 27.4 Å². The lowest BCUT2D eigenvalue weighted by Gasteiger charge is -2.41. The van der Waals surface area contributed by atoms with Crippen molar-refractivity contribution in [1.82, 2.24) is 4.98 Å². The number of carbonyl (C=O) groups is 1. The number of aromatic nitrogens is 1. The molecule has 0 spiro atoms. The number of sulfonamides is 1. The molecule has 9 heteroatoms. The summed E-state index contributed by atoms with van der Waals surface area (Å²) in [6.45, 7) is 7.97. The van der Waals surface area contributed by atoms with E-state index in [0.717, 1.165) is 18.4 Å². The average Bonchev–Trinajstić information content (AvgIpc) is 2.90. The van der Waals surface area contributed by atoms with E-state index in [2.05, 4.69) is 9.71 Å². The molecule has 2 heterocycles. The number of nitrogens with one attached hydrogen (secondary N) is 1. The van der Waals surface area contributed by atoms with Gasteiger partial charge in [-0.3, -0.25) is 4.72 Å². The summed E-state index contributed by atoms with van der Waals surface area (Å²) in [5, 5.41) is 11.3. The van der Waals surface area contributed by atoms with Crippen LogP contribution in [0.1, 0.15) is 70.4 Å². The number of nitrogens with zero attached hydrogens (tertiary/aromatic N) is 1. The van der Waals surface area contributed by atoms with E-state index in [4.69, 9.17) is 10.5 Å². The Hall–Kier alpha value is -3.85. The summed E-state index contributed by atoms with van der Waals surface area (Å²) in [5.74, 6) is -1.06. The number of ether oxygens (including phenoxy) is 1. The quantitative estimate of drug-likeness (QED) is 0.234. The first-order valence-electron chi connectivity index (χ1n) is 13.9. The zero-order chi connectivity index (χ0) is 29.8. The predicted octanol–water partition coefficient (Wildman–Crippen LogP) is 6.53. The van der Waals surface area contributed by atoms with Gasteiger partial charge in [0.25, 0.3) is 10.0 Å². The number of aliphatic hydroxyl groups excluding tert-OH is 1. The monoisotopic (exact) mass is 577 g/mol. The van der Waals surface area contributed by atoms with Gasteiger partial charge in [-0.25, -0.2) is 9.78 Å². The van der Waals surface area contributed by atoms with Crippen LogP contribution in [0.25, 0.3) is 0 Å². The molecular weight excluding hydrogens is 538 g/mol. The zero-order valence-corrected chi connectivity index (χ0v) is 24.9. The molecule has 0 bridgehead atoms. The Morgan fingerprint density at radius 1 is 1.07 bits per heavy atom. The number of pyridine rings is 1. The molecule has 0 saturated heterocycles. The van der Waals surface area contributed by atoms with Crippen LogP contribution in [0.3, 0.4) is 0 Å². The number of cyclic esters (lactones) is 1. The van der Waals surface area contributed by atoms with Crippen molar-refractivity contribution in [1.29, 1.82) is 0 Å². The van der Waals surface area contributed by atoms with Crippen LogP contribution < -0.4 is 10.5 Å². The van der Waals surface area contributed by atoms with Gasteiger partial charge in [-0.05, 0) is 60.1 Å². The number of hydrogen-bond acceptors (Lipinski definition) is 7. The van der Waals surface area contributed by atoms with Crippen molar-refractivity contribution in [2.24, 2.45) is 5.41 Å². The summed E-state index contributed by atoms with van der Waals surface area (Å²) in [7, 11) is -3.98. The van der Waals surface area contributed by atoms with Crippen LogP contribution in [-0.4, -0.2) is 30.1 Å². The normalized spacial score (nSPS) is 18.6. The maximum Gasteiger partial charge on any atom is 0.338 e. The number of hydrogen-bond donors (Lipinski definition) is 3. The van der Waals surface area contributed by atoms with Gasteiger partial charge >= 0.3 is 5.97 Å². The summed E-state index contributed by atoms with van der Waals surface area (Å²) in [4.78, 5) is 17.6. The number of rotatable bonds is 10. The molecule has 0 amide bonds. The Balaban J connectivity index is 1.66. The smallest absolute Gasteiger partial charge is 0.338 e. The number of aryl methyl sites for hydroxylation is 1. The molecule has 0 radical (unpaired) electrons. The molecule has 2 aromatic carbocycles. The maximum atomic E-state index is 13.7. The van der Waals surface area contributed by atoms with E-state index in [1.807, 2.05) is 64.1 Å². The fraction of sp³-hybridized carbons (Fsp3) is 0.375. The van der Waals surface area contributed by atoms with Crippen molar-refractivity contribution in [3.8, 4) is 0 Å². The highest BCUT2D eigenvalue weighted by atomic mass is 32.2. The number of carbonyl (C=O) groups excluding carboxylic acids is 1. The Kier molecular flexibility index (Phi) is 8.77. The van der Waals surface area contributed by atoms with Gasteiger partial charge in [-0.2, -0.15) is 8.42 Å². The molecule has 218 valence electrons. The fourth-order valence-corrected chi connectivity index (χ4v) is 6.59. The number of benzene rings is 2. The van der Waals surface area contributed by atoms with Gasteiger partial charge in [0.1, 0.15) is 11.4 Å². The zero-order valence-electron chi connectivity index (χ0n) is 24.1. The van der Waals surface area contributed by atoms with Crippen molar-refractivity contribution in [3.05, 3.63) is 95.4 Å². The first-order chi connectivity index (χ1) is 19.3. The molecule has 1 aliphatic heterocycles. The summed E-state index contributed by atoms with van der Waals surface area (Å²) in [6.07, 6.45) is 4.28. The molecule has 3 aromatic rings. The summed E-state index contributed by atoms with van der Waals surface area (Å²) in [5.41, 5.74) is 7.05. The molecule has 1 unspecified atom stereocenters. The number of anilines is 2. The summed E-state index contributed by atoms with van der Waals surface area (Å²) in [6, 6.07) is 19.7. The van der Waals surface area contributed by atoms with Gasteiger partial charge < -0.3 is 15.6 Å². The van der Waals surface area contributed by atoms with E-state index in [1.54, 1.807) is 18.2 Å². The van der Waals surface area contributed by atoms with Gasteiger partial charge in [0, 0.05) is 18.0 Å². The second-order valence-corrected chi connectivity index (χ2v) is 13.4. The molecule has 0 saturated carbocycles. The summed E-state index contributed by atoms with van der Waals surface area (Å²) >= 11 is 0. The van der Waals surface area contributed by atoms with Gasteiger partial charge in [-0.1, -0.05) is 76.6 Å². The third kappa shape index (κ3) is 7.08. The van der Waals surface area contributed by atoms with E-state index in [0.29, 0.717) is 29.8 Å². The van der Waals surface area contributed by atoms with Crippen molar-refractivity contribution < 1.29 is 23.1 Å². The van der Waals surface area contributed by atoms with Crippen molar-refractivity contribution in [2.75, 3.05) is 10.5 Å². The minimum absolute atomic E-state index is 0.0275. The highest BCUT2D eigenvalue weighted by molar-refractivity contribution is 7.92. The Morgan fingerprint density at radius 3 is 2.41 bits per heavy atom. The second kappa shape index (κ2) is 11.9. The Labute approximate surface area is 242 Å². The van der Waals surface area contributed by atoms with E-state index >= 15 is 0 Å². The van der Waals surface area contributed by atoms with E-state index in [1.165, 1.54) is 18.3 Å². The summed E-state index contributed by atoms with van der Waals surface area (Å²) < 4.78 is 34.7. The average molecular weight is 578 g/mol. The van der Waals surface area contributed by atoms with Gasteiger partial charge in [0.05, 0.1) is 17.5 Å². The molecule has 1 aromatic heterocycles. The molecule has 4 rings (SSSR count). The minimum Gasteiger partial charge on any atom is -0.512 e. The number of nitrogens with two attached hydrogens (primary N) is 1. The molecule has 0 aliphatic carbocycles. The highest BCUT2D eigenvalue weighted by Crippen LogP contribution is 2.47. The van der Waals surface area contributed by atoms with Crippen LogP contribution in [0.5, 0.6) is 0 Å². The molecule has 0 fully saturated rings. The van der Waals surface area contributed by atoms with E-state index in [9.17, 15) is 18.3 Å². The number of esters is 1.